The maximum atomic E-state index is 12.4. The highest BCUT2D eigenvalue weighted by Crippen LogP contribution is 2.35. The number of rotatable bonds is 4. The number of hydrogen-bond acceptors (Lipinski definition) is 4. The van der Waals surface area contributed by atoms with E-state index in [1.807, 2.05) is 38.1 Å². The fraction of sp³-hybridized carbons (Fsp3) is 0.389. The summed E-state index contributed by atoms with van der Waals surface area (Å²) in [7, 11) is 0. The molecular formula is C18H20N4O2. The number of carbonyl (C=O) groups is 1. The summed E-state index contributed by atoms with van der Waals surface area (Å²) in [5.74, 6) is 1.16. The zero-order valence-corrected chi connectivity index (χ0v) is 13.8. The Labute approximate surface area is 141 Å². The van der Waals surface area contributed by atoms with Gasteiger partial charge in [-0.15, -0.1) is 0 Å². The van der Waals surface area contributed by atoms with Gasteiger partial charge in [-0.1, -0.05) is 18.2 Å². The molecule has 24 heavy (non-hydrogen) atoms. The molecule has 6 heteroatoms. The number of ether oxygens (including phenoxy) is 1. The third-order valence-electron chi connectivity index (χ3n) is 4.15. The lowest BCUT2D eigenvalue weighted by atomic mass is 9.90. The summed E-state index contributed by atoms with van der Waals surface area (Å²) >= 11 is 0. The van der Waals surface area contributed by atoms with Crippen LogP contribution in [-0.4, -0.2) is 22.3 Å². The van der Waals surface area contributed by atoms with Crippen molar-refractivity contribution in [2.75, 3.05) is 11.9 Å². The van der Waals surface area contributed by atoms with E-state index in [1.54, 1.807) is 10.9 Å². The van der Waals surface area contributed by atoms with Crippen LogP contribution in [0.5, 0.6) is 5.75 Å². The number of nitriles is 1. The Kier molecular flexibility index (Phi) is 4.52. The van der Waals surface area contributed by atoms with E-state index in [4.69, 9.17) is 4.74 Å². The second kappa shape index (κ2) is 6.75. The largest absolute Gasteiger partial charge is 0.493 e. The van der Waals surface area contributed by atoms with Gasteiger partial charge < -0.3 is 10.1 Å². The number of para-hydroxylation sites is 1. The van der Waals surface area contributed by atoms with E-state index in [0.29, 0.717) is 24.4 Å². The highest BCUT2D eigenvalue weighted by molar-refractivity contribution is 5.91. The predicted octanol–water partition coefficient (Wildman–Crippen LogP) is 3.23. The van der Waals surface area contributed by atoms with Gasteiger partial charge in [0.25, 0.3) is 0 Å². The Morgan fingerprint density at radius 3 is 3.04 bits per heavy atom. The third kappa shape index (κ3) is 3.25. The van der Waals surface area contributed by atoms with Gasteiger partial charge in [-0.3, -0.25) is 9.48 Å². The van der Waals surface area contributed by atoms with Crippen LogP contribution in [0.3, 0.4) is 0 Å². The van der Waals surface area contributed by atoms with Crippen LogP contribution >= 0.6 is 0 Å². The number of fused-ring (bicyclic) bond motifs is 1. The topological polar surface area (TPSA) is 79.9 Å². The first-order chi connectivity index (χ1) is 11.6. The van der Waals surface area contributed by atoms with E-state index >= 15 is 0 Å². The lowest BCUT2D eigenvalue weighted by molar-refractivity contribution is -0.116. The van der Waals surface area contributed by atoms with Gasteiger partial charge in [-0.25, -0.2) is 0 Å². The summed E-state index contributed by atoms with van der Waals surface area (Å²) in [4.78, 5) is 12.4. The molecule has 6 nitrogen and oxygen atoms in total. The molecule has 0 radical (unpaired) electrons. The fourth-order valence-electron chi connectivity index (χ4n) is 2.87. The summed E-state index contributed by atoms with van der Waals surface area (Å²) in [5, 5.41) is 16.3. The number of hydrogen-bond donors (Lipinski definition) is 1. The standard InChI is InChI=1S/C18H20N4O2/c1-12(2)22-11-14(10-19)18(21-22)20-17(23)9-13-7-8-24-16-6-4-3-5-15(13)16/h3-6,11-13H,7-9H2,1-2H3,(H,20,21,23). The average molecular weight is 324 g/mol. The van der Waals surface area contributed by atoms with Crippen molar-refractivity contribution in [1.82, 2.24) is 9.78 Å². The molecule has 0 fully saturated rings. The molecule has 1 atom stereocenters. The number of anilines is 1. The fourth-order valence-corrected chi connectivity index (χ4v) is 2.87. The van der Waals surface area contributed by atoms with Crippen LogP contribution in [-0.2, 0) is 4.79 Å². The molecule has 1 N–H and O–H groups in total. The van der Waals surface area contributed by atoms with Gasteiger partial charge in [-0.2, -0.15) is 10.4 Å². The lowest BCUT2D eigenvalue weighted by Crippen LogP contribution is -2.21. The van der Waals surface area contributed by atoms with Crippen LogP contribution in [0.25, 0.3) is 0 Å². The number of benzene rings is 1. The van der Waals surface area contributed by atoms with Crippen LogP contribution < -0.4 is 10.1 Å². The second-order valence-electron chi connectivity index (χ2n) is 6.20. The van der Waals surface area contributed by atoms with Gasteiger partial charge in [0.15, 0.2) is 5.82 Å². The molecule has 1 aliphatic rings. The van der Waals surface area contributed by atoms with Crippen molar-refractivity contribution in [1.29, 1.82) is 5.26 Å². The molecule has 1 unspecified atom stereocenters. The molecular weight excluding hydrogens is 304 g/mol. The van der Waals surface area contributed by atoms with Crippen molar-refractivity contribution in [3.8, 4) is 11.8 Å². The molecule has 124 valence electrons. The third-order valence-corrected chi connectivity index (χ3v) is 4.15. The zero-order chi connectivity index (χ0) is 17.1. The maximum absolute atomic E-state index is 12.4. The van der Waals surface area contributed by atoms with Crippen molar-refractivity contribution in [2.24, 2.45) is 0 Å². The number of nitrogens with one attached hydrogen (secondary N) is 1. The normalized spacial score (nSPS) is 16.2. The molecule has 0 spiro atoms. The Balaban J connectivity index is 1.72. The van der Waals surface area contributed by atoms with Crippen molar-refractivity contribution >= 4 is 11.7 Å². The Morgan fingerprint density at radius 2 is 2.29 bits per heavy atom. The van der Waals surface area contributed by atoms with Crippen LogP contribution in [0, 0.1) is 11.3 Å². The van der Waals surface area contributed by atoms with Crippen molar-refractivity contribution < 1.29 is 9.53 Å². The van der Waals surface area contributed by atoms with Crippen LogP contribution in [0.1, 0.15) is 49.8 Å². The molecule has 2 heterocycles. The molecule has 1 aromatic carbocycles. The smallest absolute Gasteiger partial charge is 0.226 e. The molecule has 2 aromatic rings. The first kappa shape index (κ1) is 16.1. The molecule has 3 rings (SSSR count). The van der Waals surface area contributed by atoms with E-state index in [-0.39, 0.29) is 17.9 Å². The number of aromatic nitrogens is 2. The molecule has 0 saturated heterocycles. The minimum absolute atomic E-state index is 0.118. The Bertz CT molecular complexity index is 789. The van der Waals surface area contributed by atoms with Gasteiger partial charge in [0, 0.05) is 18.7 Å². The van der Waals surface area contributed by atoms with Gasteiger partial charge in [0.05, 0.1) is 6.61 Å². The summed E-state index contributed by atoms with van der Waals surface area (Å²) < 4.78 is 7.31. The first-order valence-corrected chi connectivity index (χ1v) is 8.09. The van der Waals surface area contributed by atoms with Gasteiger partial charge in [0.1, 0.15) is 17.4 Å². The van der Waals surface area contributed by atoms with Gasteiger partial charge in [0.2, 0.25) is 5.91 Å². The summed E-state index contributed by atoms with van der Waals surface area (Å²) in [6, 6.07) is 10.0. The van der Waals surface area contributed by atoms with E-state index < -0.39 is 0 Å². The average Bonchev–Trinajstić information content (AvgIpc) is 2.98. The quantitative estimate of drug-likeness (QED) is 0.936. The molecule has 1 amide bonds. The number of amides is 1. The molecule has 0 saturated carbocycles. The predicted molar refractivity (Wildman–Crippen MR) is 89.9 cm³/mol. The summed E-state index contributed by atoms with van der Waals surface area (Å²) in [6.45, 7) is 4.55. The molecule has 1 aliphatic heterocycles. The highest BCUT2D eigenvalue weighted by atomic mass is 16.5. The SMILES string of the molecule is CC(C)n1cc(C#N)c(NC(=O)CC2CCOc3ccccc32)n1. The molecule has 1 aromatic heterocycles. The van der Waals surface area contributed by atoms with E-state index in [9.17, 15) is 10.1 Å². The molecule has 0 aliphatic carbocycles. The van der Waals surface area contributed by atoms with Crippen LogP contribution in [0.4, 0.5) is 5.82 Å². The zero-order valence-electron chi connectivity index (χ0n) is 13.8. The van der Waals surface area contributed by atoms with Crippen molar-refractivity contribution in [2.45, 2.75) is 38.6 Å². The summed E-state index contributed by atoms with van der Waals surface area (Å²) in [6.07, 6.45) is 2.81. The van der Waals surface area contributed by atoms with Crippen molar-refractivity contribution in [3.63, 3.8) is 0 Å². The van der Waals surface area contributed by atoms with E-state index in [0.717, 1.165) is 17.7 Å². The molecule has 0 bridgehead atoms. The maximum Gasteiger partial charge on any atom is 0.226 e. The second-order valence-corrected chi connectivity index (χ2v) is 6.20. The number of nitrogens with zero attached hydrogens (tertiary/aromatic N) is 3. The van der Waals surface area contributed by atoms with Crippen molar-refractivity contribution in [3.05, 3.63) is 41.6 Å². The van der Waals surface area contributed by atoms with Crippen LogP contribution in [0.15, 0.2) is 30.5 Å². The van der Waals surface area contributed by atoms with Crippen LogP contribution in [0.2, 0.25) is 0 Å². The minimum atomic E-state index is -0.137. The number of carbonyl (C=O) groups excluding carboxylic acids is 1. The van der Waals surface area contributed by atoms with E-state index in [2.05, 4.69) is 16.5 Å². The first-order valence-electron chi connectivity index (χ1n) is 8.09. The highest BCUT2D eigenvalue weighted by Gasteiger charge is 2.24. The van der Waals surface area contributed by atoms with Gasteiger partial charge >= 0.3 is 0 Å². The lowest BCUT2D eigenvalue weighted by Gasteiger charge is -2.25. The van der Waals surface area contributed by atoms with E-state index in [1.165, 1.54) is 0 Å². The van der Waals surface area contributed by atoms with Gasteiger partial charge in [-0.05, 0) is 37.8 Å². The summed E-state index contributed by atoms with van der Waals surface area (Å²) in [5.41, 5.74) is 1.44. The Morgan fingerprint density at radius 1 is 1.50 bits per heavy atom. The minimum Gasteiger partial charge on any atom is -0.493 e. The monoisotopic (exact) mass is 324 g/mol. The Hall–Kier alpha value is -2.81.